The molecule has 1 fully saturated rings. The topological polar surface area (TPSA) is 15.3 Å². The van der Waals surface area contributed by atoms with E-state index in [9.17, 15) is 0 Å². The Labute approximate surface area is 110 Å². The van der Waals surface area contributed by atoms with Gasteiger partial charge >= 0.3 is 0 Å². The Bertz CT molecular complexity index is 425. The van der Waals surface area contributed by atoms with Crippen molar-refractivity contribution in [1.82, 2.24) is 10.2 Å². The number of fused-ring (bicyclic) bond motifs is 1. The minimum atomic E-state index is 0.271. The van der Waals surface area contributed by atoms with Gasteiger partial charge in [-0.05, 0) is 44.2 Å². The first-order valence-electron chi connectivity index (χ1n) is 7.24. The highest BCUT2D eigenvalue weighted by atomic mass is 15.3. The molecule has 0 radical (unpaired) electrons. The molecule has 2 nitrogen and oxygen atoms in total. The molecule has 1 saturated heterocycles. The lowest BCUT2D eigenvalue weighted by molar-refractivity contribution is 0.0365. The summed E-state index contributed by atoms with van der Waals surface area (Å²) in [5.74, 6) is 0. The zero-order chi connectivity index (χ0) is 12.6. The van der Waals surface area contributed by atoms with Gasteiger partial charge in [0.05, 0.1) is 0 Å². The Morgan fingerprint density at radius 3 is 2.94 bits per heavy atom. The van der Waals surface area contributed by atoms with Gasteiger partial charge in [0, 0.05) is 31.2 Å². The van der Waals surface area contributed by atoms with Crippen molar-refractivity contribution >= 4 is 0 Å². The van der Waals surface area contributed by atoms with Crippen LogP contribution in [-0.2, 0) is 6.42 Å². The van der Waals surface area contributed by atoms with Crippen molar-refractivity contribution < 1.29 is 0 Å². The van der Waals surface area contributed by atoms with Crippen LogP contribution < -0.4 is 5.32 Å². The molecule has 0 saturated carbocycles. The quantitative estimate of drug-likeness (QED) is 0.817. The maximum atomic E-state index is 3.53. The van der Waals surface area contributed by atoms with Gasteiger partial charge in [0.2, 0.25) is 0 Å². The molecule has 2 aliphatic rings. The summed E-state index contributed by atoms with van der Waals surface area (Å²) in [5.41, 5.74) is 3.43. The van der Waals surface area contributed by atoms with Crippen molar-refractivity contribution in [1.29, 1.82) is 0 Å². The molecule has 0 bridgehead atoms. The molecule has 1 N–H and O–H groups in total. The van der Waals surface area contributed by atoms with Crippen LogP contribution in [0.2, 0.25) is 0 Å². The second-order valence-electron chi connectivity index (χ2n) is 6.29. The minimum Gasteiger partial charge on any atom is -0.314 e. The van der Waals surface area contributed by atoms with Gasteiger partial charge in [-0.2, -0.15) is 0 Å². The predicted octanol–water partition coefficient (Wildman–Crippen LogP) is 2.75. The maximum absolute atomic E-state index is 3.53. The highest BCUT2D eigenvalue weighted by molar-refractivity contribution is 5.32. The molecule has 18 heavy (non-hydrogen) atoms. The van der Waals surface area contributed by atoms with Gasteiger partial charge < -0.3 is 5.32 Å². The highest BCUT2D eigenvalue weighted by Gasteiger charge is 2.36. The third-order valence-corrected chi connectivity index (χ3v) is 4.58. The summed E-state index contributed by atoms with van der Waals surface area (Å²) in [6, 6.07) is 9.68. The summed E-state index contributed by atoms with van der Waals surface area (Å²) in [5, 5.41) is 3.53. The fraction of sp³-hybridized carbons (Fsp3) is 0.625. The average Bonchev–Trinajstić information content (AvgIpc) is 2.38. The van der Waals surface area contributed by atoms with Crippen LogP contribution in [0, 0.1) is 0 Å². The van der Waals surface area contributed by atoms with E-state index >= 15 is 0 Å². The van der Waals surface area contributed by atoms with Crippen LogP contribution in [0.4, 0.5) is 0 Å². The molecular weight excluding hydrogens is 220 g/mol. The van der Waals surface area contributed by atoms with Crippen LogP contribution in [0.3, 0.4) is 0 Å². The van der Waals surface area contributed by atoms with Crippen LogP contribution >= 0.6 is 0 Å². The van der Waals surface area contributed by atoms with Gasteiger partial charge in [-0.25, -0.2) is 0 Å². The van der Waals surface area contributed by atoms with E-state index in [1.807, 2.05) is 0 Å². The first kappa shape index (κ1) is 12.2. The summed E-state index contributed by atoms with van der Waals surface area (Å²) < 4.78 is 0. The zero-order valence-corrected chi connectivity index (χ0v) is 11.6. The van der Waals surface area contributed by atoms with Crippen LogP contribution in [0.5, 0.6) is 0 Å². The van der Waals surface area contributed by atoms with Crippen LogP contribution in [-0.4, -0.2) is 30.1 Å². The van der Waals surface area contributed by atoms with E-state index in [4.69, 9.17) is 0 Å². The van der Waals surface area contributed by atoms with Crippen molar-refractivity contribution in [3.63, 3.8) is 0 Å². The van der Waals surface area contributed by atoms with Gasteiger partial charge in [-0.1, -0.05) is 24.3 Å². The fourth-order valence-electron chi connectivity index (χ4n) is 3.63. The standard InChI is InChI=1S/C16H24N2/c1-16(2)12-17-10-11-18(16)15-9-5-7-13-6-3-4-8-14(13)15/h3-4,6,8,15,17H,5,7,9-12H2,1-2H3. The van der Waals surface area contributed by atoms with Crippen molar-refractivity contribution in [2.45, 2.75) is 44.7 Å². The number of hydrogen-bond acceptors (Lipinski definition) is 2. The summed E-state index contributed by atoms with van der Waals surface area (Å²) in [4.78, 5) is 2.72. The smallest absolute Gasteiger partial charge is 0.0357 e. The molecule has 0 aromatic heterocycles. The Balaban J connectivity index is 1.93. The highest BCUT2D eigenvalue weighted by Crippen LogP contribution is 2.38. The van der Waals surface area contributed by atoms with E-state index in [2.05, 4.69) is 48.3 Å². The Hall–Kier alpha value is -0.860. The van der Waals surface area contributed by atoms with Crippen molar-refractivity contribution in [2.75, 3.05) is 19.6 Å². The molecule has 1 aliphatic heterocycles. The lowest BCUT2D eigenvalue weighted by atomic mass is 9.84. The molecule has 2 heteroatoms. The largest absolute Gasteiger partial charge is 0.314 e. The molecule has 98 valence electrons. The Kier molecular flexibility index (Phi) is 3.16. The molecule has 1 aromatic carbocycles. The van der Waals surface area contributed by atoms with E-state index in [0.29, 0.717) is 6.04 Å². The summed E-state index contributed by atoms with van der Waals surface area (Å²) >= 11 is 0. The molecule has 1 aromatic rings. The molecule has 1 aliphatic carbocycles. The molecule has 1 heterocycles. The van der Waals surface area contributed by atoms with E-state index in [1.54, 1.807) is 11.1 Å². The summed E-state index contributed by atoms with van der Waals surface area (Å²) in [7, 11) is 0. The van der Waals surface area contributed by atoms with Gasteiger partial charge in [-0.15, -0.1) is 0 Å². The maximum Gasteiger partial charge on any atom is 0.0357 e. The molecule has 0 amide bonds. The number of nitrogens with one attached hydrogen (secondary N) is 1. The molecule has 1 atom stereocenters. The van der Waals surface area contributed by atoms with E-state index in [0.717, 1.165) is 13.1 Å². The SMILES string of the molecule is CC1(C)CNCCN1C1CCCc2ccccc21. The normalized spacial score (nSPS) is 27.8. The first-order valence-corrected chi connectivity index (χ1v) is 7.24. The number of benzene rings is 1. The van der Waals surface area contributed by atoms with Gasteiger partial charge in [0.15, 0.2) is 0 Å². The Morgan fingerprint density at radius 1 is 1.28 bits per heavy atom. The number of aryl methyl sites for hydroxylation is 1. The first-order chi connectivity index (χ1) is 8.68. The van der Waals surface area contributed by atoms with Gasteiger partial charge in [0.25, 0.3) is 0 Å². The predicted molar refractivity (Wildman–Crippen MR) is 75.8 cm³/mol. The van der Waals surface area contributed by atoms with Gasteiger partial charge in [-0.3, -0.25) is 4.90 Å². The monoisotopic (exact) mass is 244 g/mol. The molecule has 3 rings (SSSR count). The lowest BCUT2D eigenvalue weighted by Gasteiger charge is -2.48. The van der Waals surface area contributed by atoms with Crippen LogP contribution in [0.15, 0.2) is 24.3 Å². The van der Waals surface area contributed by atoms with E-state index < -0.39 is 0 Å². The van der Waals surface area contributed by atoms with E-state index in [1.165, 1.54) is 25.8 Å². The second kappa shape index (κ2) is 4.67. The number of rotatable bonds is 1. The Morgan fingerprint density at radius 2 is 2.11 bits per heavy atom. The second-order valence-corrected chi connectivity index (χ2v) is 6.29. The van der Waals surface area contributed by atoms with Crippen LogP contribution in [0.25, 0.3) is 0 Å². The number of hydrogen-bond donors (Lipinski definition) is 1. The number of nitrogens with zero attached hydrogens (tertiary/aromatic N) is 1. The van der Waals surface area contributed by atoms with Crippen molar-refractivity contribution in [3.8, 4) is 0 Å². The van der Waals surface area contributed by atoms with Crippen molar-refractivity contribution in [3.05, 3.63) is 35.4 Å². The molecule has 1 unspecified atom stereocenters. The third-order valence-electron chi connectivity index (χ3n) is 4.58. The molecular formula is C16H24N2. The zero-order valence-electron chi connectivity index (χ0n) is 11.6. The third kappa shape index (κ3) is 2.08. The summed E-state index contributed by atoms with van der Waals surface area (Å²) in [6.45, 7) is 8.15. The summed E-state index contributed by atoms with van der Waals surface area (Å²) in [6.07, 6.45) is 3.92. The lowest BCUT2D eigenvalue weighted by Crippen LogP contribution is -2.59. The number of piperazine rings is 1. The van der Waals surface area contributed by atoms with Gasteiger partial charge in [0.1, 0.15) is 0 Å². The fourth-order valence-corrected chi connectivity index (χ4v) is 3.63. The molecule has 0 spiro atoms. The van der Waals surface area contributed by atoms with Crippen LogP contribution in [0.1, 0.15) is 43.9 Å². The average molecular weight is 244 g/mol. The minimum absolute atomic E-state index is 0.271. The van der Waals surface area contributed by atoms with E-state index in [-0.39, 0.29) is 5.54 Å². The van der Waals surface area contributed by atoms with Crippen molar-refractivity contribution in [2.24, 2.45) is 0 Å².